The van der Waals surface area contributed by atoms with E-state index in [4.69, 9.17) is 0 Å². The Hall–Kier alpha value is -2.62. The third-order valence-corrected chi connectivity index (χ3v) is 8.57. The molecule has 3 amide bonds. The maximum Gasteiger partial charge on any atom is 0.325 e. The second-order valence-electron chi connectivity index (χ2n) is 10.3. The minimum Gasteiger partial charge on any atom is -0.319 e. The number of likely N-dealkylation sites (N-methyl/N-ethyl adjacent to an activating group) is 1. The number of fused-ring (bicyclic) bond motifs is 3. The van der Waals surface area contributed by atoms with Gasteiger partial charge >= 0.3 is 6.03 Å². The van der Waals surface area contributed by atoms with E-state index >= 15 is 0 Å². The first-order valence-corrected chi connectivity index (χ1v) is 11.8. The van der Waals surface area contributed by atoms with E-state index in [1.807, 2.05) is 0 Å². The number of carbonyl (C=O) groups excluding carboxylic acids is 2. The molecule has 3 aliphatic carbocycles. The molecule has 1 heterocycles. The largest absolute Gasteiger partial charge is 0.325 e. The van der Waals surface area contributed by atoms with Gasteiger partial charge in [0.2, 0.25) is 0 Å². The molecule has 4 nitrogen and oxygen atoms in total. The zero-order valence-electron chi connectivity index (χ0n) is 18.2. The second kappa shape index (κ2) is 6.69. The SMILES string of the molecule is CN1C(=O)NC2(C1=O)c1cc(C3CC3)ccc1CC21CCC(Cc2ccccc2)CC1. The number of rotatable bonds is 3. The van der Waals surface area contributed by atoms with Gasteiger partial charge in [-0.05, 0) is 85.5 Å². The van der Waals surface area contributed by atoms with Crippen LogP contribution in [0.2, 0.25) is 0 Å². The van der Waals surface area contributed by atoms with E-state index in [1.54, 1.807) is 7.05 Å². The highest BCUT2D eigenvalue weighted by molar-refractivity contribution is 6.08. The predicted molar refractivity (Wildman–Crippen MR) is 120 cm³/mol. The highest BCUT2D eigenvalue weighted by atomic mass is 16.2. The van der Waals surface area contributed by atoms with E-state index in [0.717, 1.165) is 44.1 Å². The zero-order chi connectivity index (χ0) is 21.2. The Labute approximate surface area is 184 Å². The average Bonchev–Trinajstić information content (AvgIpc) is 3.57. The van der Waals surface area contributed by atoms with Crippen LogP contribution < -0.4 is 5.32 Å². The molecule has 2 spiro atoms. The van der Waals surface area contributed by atoms with Gasteiger partial charge in [0, 0.05) is 12.5 Å². The molecule has 0 radical (unpaired) electrons. The highest BCUT2D eigenvalue weighted by Gasteiger charge is 2.67. The molecule has 0 aromatic heterocycles. The van der Waals surface area contributed by atoms with E-state index in [2.05, 4.69) is 53.8 Å². The van der Waals surface area contributed by atoms with E-state index in [9.17, 15) is 9.59 Å². The van der Waals surface area contributed by atoms with E-state index in [-0.39, 0.29) is 17.4 Å². The lowest BCUT2D eigenvalue weighted by atomic mass is 9.59. The fourth-order valence-corrected chi connectivity index (χ4v) is 6.67. The first-order valence-electron chi connectivity index (χ1n) is 11.8. The molecule has 6 rings (SSSR count). The number of nitrogens with zero attached hydrogens (tertiary/aromatic N) is 1. The minimum atomic E-state index is -0.878. The van der Waals surface area contributed by atoms with Crippen LogP contribution in [0.5, 0.6) is 0 Å². The zero-order valence-corrected chi connectivity index (χ0v) is 18.2. The van der Waals surface area contributed by atoms with Crippen molar-refractivity contribution in [3.63, 3.8) is 0 Å². The third kappa shape index (κ3) is 2.73. The van der Waals surface area contributed by atoms with Gasteiger partial charge in [-0.3, -0.25) is 9.69 Å². The van der Waals surface area contributed by atoms with Crippen molar-refractivity contribution in [1.82, 2.24) is 10.2 Å². The molecular formula is C27H30N2O2. The van der Waals surface area contributed by atoms with Gasteiger partial charge < -0.3 is 5.32 Å². The number of nitrogens with one attached hydrogen (secondary N) is 1. The van der Waals surface area contributed by atoms with Gasteiger partial charge in [0.25, 0.3) is 5.91 Å². The summed E-state index contributed by atoms with van der Waals surface area (Å²) in [5.74, 6) is 1.22. The molecule has 0 bridgehead atoms. The Morgan fingerprint density at radius 2 is 1.74 bits per heavy atom. The summed E-state index contributed by atoms with van der Waals surface area (Å²) in [4.78, 5) is 27.7. The fraction of sp³-hybridized carbons (Fsp3) is 0.481. The van der Waals surface area contributed by atoms with Crippen LogP contribution in [0.15, 0.2) is 48.5 Å². The number of amides is 3. The summed E-state index contributed by atoms with van der Waals surface area (Å²) in [6, 6.07) is 17.2. The van der Waals surface area contributed by atoms with Gasteiger partial charge in [0.15, 0.2) is 5.54 Å². The normalized spacial score (nSPS) is 32.0. The van der Waals surface area contributed by atoms with Crippen molar-refractivity contribution < 1.29 is 9.59 Å². The first kappa shape index (κ1) is 19.1. The summed E-state index contributed by atoms with van der Waals surface area (Å²) in [6.45, 7) is 0. The van der Waals surface area contributed by atoms with Crippen LogP contribution in [-0.4, -0.2) is 23.9 Å². The molecule has 160 valence electrons. The number of hydrogen-bond acceptors (Lipinski definition) is 2. The minimum absolute atomic E-state index is 0.0503. The second-order valence-corrected chi connectivity index (χ2v) is 10.3. The molecule has 2 aromatic rings. The van der Waals surface area contributed by atoms with Crippen LogP contribution in [0, 0.1) is 11.3 Å². The van der Waals surface area contributed by atoms with E-state index < -0.39 is 5.54 Å². The van der Waals surface area contributed by atoms with Crippen molar-refractivity contribution >= 4 is 11.9 Å². The number of urea groups is 1. The van der Waals surface area contributed by atoms with Crippen LogP contribution in [0.3, 0.4) is 0 Å². The Balaban J connectivity index is 1.35. The van der Waals surface area contributed by atoms with Crippen molar-refractivity contribution in [3.8, 4) is 0 Å². The Morgan fingerprint density at radius 3 is 2.39 bits per heavy atom. The number of carbonyl (C=O) groups is 2. The molecule has 1 N–H and O–H groups in total. The van der Waals surface area contributed by atoms with Gasteiger partial charge in [0.1, 0.15) is 0 Å². The van der Waals surface area contributed by atoms with Crippen LogP contribution in [0.25, 0.3) is 0 Å². The molecule has 31 heavy (non-hydrogen) atoms. The van der Waals surface area contributed by atoms with Crippen molar-refractivity contribution in [1.29, 1.82) is 0 Å². The maximum atomic E-state index is 13.7. The van der Waals surface area contributed by atoms with Crippen molar-refractivity contribution in [3.05, 3.63) is 70.8 Å². The lowest BCUT2D eigenvalue weighted by molar-refractivity contribution is -0.137. The molecule has 1 unspecified atom stereocenters. The van der Waals surface area contributed by atoms with E-state index in [1.165, 1.54) is 34.4 Å². The molecule has 2 aromatic carbocycles. The summed E-state index contributed by atoms with van der Waals surface area (Å²) >= 11 is 0. The number of hydrogen-bond donors (Lipinski definition) is 1. The summed E-state index contributed by atoms with van der Waals surface area (Å²) in [5, 5.41) is 3.23. The summed E-state index contributed by atoms with van der Waals surface area (Å²) in [7, 11) is 1.63. The molecule has 2 saturated carbocycles. The summed E-state index contributed by atoms with van der Waals surface area (Å²) < 4.78 is 0. The lowest BCUT2D eigenvalue weighted by Crippen LogP contribution is -2.56. The molecule has 4 aliphatic rings. The Kier molecular flexibility index (Phi) is 4.12. The standard InChI is InChI=1S/C27H30N2O2/c1-29-24(30)27(28-25(29)31)23-16-21(20-7-8-20)9-10-22(23)17-26(27)13-11-19(12-14-26)15-18-5-3-2-4-6-18/h2-6,9-10,16,19-20H,7-8,11-15,17H2,1H3,(H,28,31). The monoisotopic (exact) mass is 414 g/mol. The van der Waals surface area contributed by atoms with Crippen LogP contribution in [0.4, 0.5) is 4.79 Å². The molecular weight excluding hydrogens is 384 g/mol. The Bertz CT molecular complexity index is 1050. The quantitative estimate of drug-likeness (QED) is 0.725. The lowest BCUT2D eigenvalue weighted by Gasteiger charge is -2.46. The number of benzene rings is 2. The fourth-order valence-electron chi connectivity index (χ4n) is 6.67. The van der Waals surface area contributed by atoms with Crippen molar-refractivity contribution in [2.24, 2.45) is 11.3 Å². The maximum absolute atomic E-state index is 13.7. The molecule has 1 aliphatic heterocycles. The molecule has 3 fully saturated rings. The van der Waals surface area contributed by atoms with E-state index in [0.29, 0.717) is 11.8 Å². The van der Waals surface area contributed by atoms with Crippen molar-refractivity contribution in [2.45, 2.75) is 62.8 Å². The summed E-state index contributed by atoms with van der Waals surface area (Å²) in [6.07, 6.45) is 8.64. The van der Waals surface area contributed by atoms with Gasteiger partial charge in [-0.2, -0.15) is 0 Å². The van der Waals surface area contributed by atoms with Crippen LogP contribution in [-0.2, 0) is 23.2 Å². The van der Waals surface area contributed by atoms with Gasteiger partial charge in [-0.25, -0.2) is 4.79 Å². The van der Waals surface area contributed by atoms with Gasteiger partial charge in [-0.1, -0.05) is 48.5 Å². The molecule has 1 saturated heterocycles. The smallest absolute Gasteiger partial charge is 0.319 e. The van der Waals surface area contributed by atoms with Crippen molar-refractivity contribution in [2.75, 3.05) is 7.05 Å². The first-order chi connectivity index (χ1) is 15.0. The van der Waals surface area contributed by atoms with Crippen LogP contribution >= 0.6 is 0 Å². The molecule has 4 heteroatoms. The predicted octanol–water partition coefficient (Wildman–Crippen LogP) is 4.92. The Morgan fingerprint density at radius 1 is 1.00 bits per heavy atom. The number of imide groups is 1. The van der Waals surface area contributed by atoms with Crippen LogP contribution in [0.1, 0.15) is 66.7 Å². The van der Waals surface area contributed by atoms with Gasteiger partial charge in [-0.15, -0.1) is 0 Å². The topological polar surface area (TPSA) is 49.4 Å². The average molecular weight is 415 g/mol. The summed E-state index contributed by atoms with van der Waals surface area (Å²) in [5.41, 5.74) is 3.99. The highest BCUT2D eigenvalue weighted by Crippen LogP contribution is 2.61. The third-order valence-electron chi connectivity index (χ3n) is 8.57. The van der Waals surface area contributed by atoms with Gasteiger partial charge in [0.05, 0.1) is 0 Å². The molecule has 1 atom stereocenters.